The van der Waals surface area contributed by atoms with E-state index >= 15 is 0 Å². The molecule has 0 spiro atoms. The van der Waals surface area contributed by atoms with E-state index in [-0.39, 0.29) is 0 Å². The van der Waals surface area contributed by atoms with Gasteiger partial charge in [-0.3, -0.25) is 0 Å². The van der Waals surface area contributed by atoms with Crippen molar-refractivity contribution in [2.75, 3.05) is 0 Å². The fourth-order valence-corrected chi connectivity index (χ4v) is 2.96. The first-order chi connectivity index (χ1) is 9.24. The largest absolute Gasteiger partial charge is 0.306 e. The molecular formula is C17H18ClN. The molecule has 0 amide bonds. The van der Waals surface area contributed by atoms with Gasteiger partial charge in [0.05, 0.1) is 0 Å². The minimum Gasteiger partial charge on any atom is -0.306 e. The van der Waals surface area contributed by atoms with Gasteiger partial charge in [0.25, 0.3) is 0 Å². The van der Waals surface area contributed by atoms with Crippen LogP contribution in [-0.2, 0) is 13.0 Å². The van der Waals surface area contributed by atoms with E-state index in [0.29, 0.717) is 6.04 Å². The average molecular weight is 272 g/mol. The quantitative estimate of drug-likeness (QED) is 0.871. The number of fused-ring (bicyclic) bond motifs is 1. The second kappa shape index (κ2) is 5.36. The molecular weight excluding hydrogens is 254 g/mol. The van der Waals surface area contributed by atoms with Crippen molar-refractivity contribution in [3.63, 3.8) is 0 Å². The molecule has 1 aliphatic carbocycles. The average Bonchev–Trinajstić information content (AvgIpc) is 2.83. The maximum Gasteiger partial charge on any atom is 0.0438 e. The SMILES string of the molecule is Cc1ccc(CNC2CCc3ccccc32)cc1Cl. The number of hydrogen-bond acceptors (Lipinski definition) is 1. The third kappa shape index (κ3) is 2.68. The Morgan fingerprint density at radius 2 is 2.05 bits per heavy atom. The van der Waals surface area contributed by atoms with E-state index in [1.165, 1.54) is 29.5 Å². The molecule has 0 aliphatic heterocycles. The third-order valence-corrected chi connectivity index (χ3v) is 4.33. The van der Waals surface area contributed by atoms with Crippen molar-refractivity contribution in [1.82, 2.24) is 5.32 Å². The Kier molecular flexibility index (Phi) is 3.58. The normalized spacial score (nSPS) is 17.5. The van der Waals surface area contributed by atoms with E-state index < -0.39 is 0 Å². The third-order valence-electron chi connectivity index (χ3n) is 3.92. The van der Waals surface area contributed by atoms with E-state index in [9.17, 15) is 0 Å². The second-order valence-electron chi connectivity index (χ2n) is 5.25. The lowest BCUT2D eigenvalue weighted by Gasteiger charge is -2.14. The Labute approximate surface area is 119 Å². The standard InChI is InChI=1S/C17H18ClN/c1-12-6-7-13(10-16(12)18)11-19-17-9-8-14-4-2-3-5-15(14)17/h2-7,10,17,19H,8-9,11H2,1H3. The van der Waals surface area contributed by atoms with Crippen LogP contribution in [0.3, 0.4) is 0 Å². The monoisotopic (exact) mass is 271 g/mol. The van der Waals surface area contributed by atoms with Gasteiger partial charge in [-0.2, -0.15) is 0 Å². The summed E-state index contributed by atoms with van der Waals surface area (Å²) in [5.74, 6) is 0. The molecule has 2 aromatic carbocycles. The Hall–Kier alpha value is -1.31. The van der Waals surface area contributed by atoms with Gasteiger partial charge in [-0.05, 0) is 48.1 Å². The van der Waals surface area contributed by atoms with Gasteiger partial charge in [-0.1, -0.05) is 48.0 Å². The van der Waals surface area contributed by atoms with Crippen LogP contribution in [0, 0.1) is 6.92 Å². The van der Waals surface area contributed by atoms with Crippen molar-refractivity contribution in [2.45, 2.75) is 32.4 Å². The van der Waals surface area contributed by atoms with Crippen LogP contribution in [0.25, 0.3) is 0 Å². The van der Waals surface area contributed by atoms with E-state index in [1.807, 2.05) is 6.92 Å². The topological polar surface area (TPSA) is 12.0 Å². The van der Waals surface area contributed by atoms with Gasteiger partial charge in [0.2, 0.25) is 0 Å². The van der Waals surface area contributed by atoms with Crippen molar-refractivity contribution in [2.24, 2.45) is 0 Å². The number of halogens is 1. The van der Waals surface area contributed by atoms with Crippen molar-refractivity contribution in [3.05, 3.63) is 69.7 Å². The van der Waals surface area contributed by atoms with Gasteiger partial charge >= 0.3 is 0 Å². The number of hydrogen-bond donors (Lipinski definition) is 1. The molecule has 0 heterocycles. The fourth-order valence-electron chi connectivity index (χ4n) is 2.76. The molecule has 3 rings (SSSR count). The summed E-state index contributed by atoms with van der Waals surface area (Å²) < 4.78 is 0. The molecule has 0 bridgehead atoms. The van der Waals surface area contributed by atoms with E-state index in [1.54, 1.807) is 0 Å². The first-order valence-electron chi connectivity index (χ1n) is 6.80. The first-order valence-corrected chi connectivity index (χ1v) is 7.18. The summed E-state index contributed by atoms with van der Waals surface area (Å²) in [6, 6.07) is 15.5. The van der Waals surface area contributed by atoms with Crippen LogP contribution in [-0.4, -0.2) is 0 Å². The van der Waals surface area contributed by atoms with Crippen molar-refractivity contribution in [1.29, 1.82) is 0 Å². The maximum atomic E-state index is 6.16. The molecule has 1 nitrogen and oxygen atoms in total. The predicted octanol–water partition coefficient (Wildman–Crippen LogP) is 4.43. The lowest BCUT2D eigenvalue weighted by atomic mass is 10.1. The summed E-state index contributed by atoms with van der Waals surface area (Å²) in [6.45, 7) is 2.91. The highest BCUT2D eigenvalue weighted by Crippen LogP contribution is 2.31. The Morgan fingerprint density at radius 1 is 1.21 bits per heavy atom. The molecule has 0 saturated carbocycles. The summed E-state index contributed by atoms with van der Waals surface area (Å²) in [5.41, 5.74) is 5.33. The molecule has 2 heteroatoms. The summed E-state index contributed by atoms with van der Waals surface area (Å²) in [7, 11) is 0. The molecule has 0 saturated heterocycles. The predicted molar refractivity (Wildman–Crippen MR) is 80.5 cm³/mol. The first kappa shape index (κ1) is 12.7. The highest BCUT2D eigenvalue weighted by molar-refractivity contribution is 6.31. The summed E-state index contributed by atoms with van der Waals surface area (Å²) in [4.78, 5) is 0. The lowest BCUT2D eigenvalue weighted by molar-refractivity contribution is 0.530. The number of nitrogens with one attached hydrogen (secondary N) is 1. The number of rotatable bonds is 3. The van der Waals surface area contributed by atoms with E-state index in [4.69, 9.17) is 11.6 Å². The minimum absolute atomic E-state index is 0.483. The molecule has 1 aliphatic rings. The summed E-state index contributed by atoms with van der Waals surface area (Å²) >= 11 is 6.16. The van der Waals surface area contributed by atoms with Crippen LogP contribution in [0.15, 0.2) is 42.5 Å². The van der Waals surface area contributed by atoms with E-state index in [0.717, 1.165) is 17.1 Å². The zero-order valence-electron chi connectivity index (χ0n) is 11.1. The molecule has 0 fully saturated rings. The van der Waals surface area contributed by atoms with Gasteiger partial charge in [-0.15, -0.1) is 0 Å². The molecule has 0 radical (unpaired) electrons. The van der Waals surface area contributed by atoms with Gasteiger partial charge < -0.3 is 5.32 Å². The van der Waals surface area contributed by atoms with Gasteiger partial charge in [0.15, 0.2) is 0 Å². The van der Waals surface area contributed by atoms with Crippen LogP contribution in [0.4, 0.5) is 0 Å². The van der Waals surface area contributed by atoms with Crippen molar-refractivity contribution < 1.29 is 0 Å². The second-order valence-corrected chi connectivity index (χ2v) is 5.66. The zero-order chi connectivity index (χ0) is 13.2. The van der Waals surface area contributed by atoms with Crippen molar-refractivity contribution >= 4 is 11.6 Å². The van der Waals surface area contributed by atoms with Gasteiger partial charge in [-0.25, -0.2) is 0 Å². The molecule has 19 heavy (non-hydrogen) atoms. The Morgan fingerprint density at radius 3 is 2.89 bits per heavy atom. The zero-order valence-corrected chi connectivity index (χ0v) is 11.9. The number of aryl methyl sites for hydroxylation is 2. The minimum atomic E-state index is 0.483. The molecule has 1 N–H and O–H groups in total. The molecule has 98 valence electrons. The van der Waals surface area contributed by atoms with Gasteiger partial charge in [0, 0.05) is 17.6 Å². The van der Waals surface area contributed by atoms with Crippen LogP contribution >= 0.6 is 11.6 Å². The lowest BCUT2D eigenvalue weighted by Crippen LogP contribution is -2.18. The number of benzene rings is 2. The molecule has 0 aromatic heterocycles. The van der Waals surface area contributed by atoms with Gasteiger partial charge in [0.1, 0.15) is 0 Å². The van der Waals surface area contributed by atoms with E-state index in [2.05, 4.69) is 47.8 Å². The maximum absolute atomic E-state index is 6.16. The highest BCUT2D eigenvalue weighted by Gasteiger charge is 2.20. The summed E-state index contributed by atoms with van der Waals surface area (Å²) in [6.07, 6.45) is 2.38. The Bertz CT molecular complexity index is 592. The Balaban J connectivity index is 1.69. The molecule has 1 atom stereocenters. The van der Waals surface area contributed by atoms with Crippen molar-refractivity contribution in [3.8, 4) is 0 Å². The molecule has 1 unspecified atom stereocenters. The molecule has 2 aromatic rings. The van der Waals surface area contributed by atoms with Crippen LogP contribution in [0.2, 0.25) is 5.02 Å². The smallest absolute Gasteiger partial charge is 0.0438 e. The van der Waals surface area contributed by atoms with Crippen LogP contribution in [0.1, 0.15) is 34.7 Å². The highest BCUT2D eigenvalue weighted by atomic mass is 35.5. The van der Waals surface area contributed by atoms with Crippen LogP contribution < -0.4 is 5.32 Å². The fraction of sp³-hybridized carbons (Fsp3) is 0.294. The summed E-state index contributed by atoms with van der Waals surface area (Å²) in [5, 5.41) is 4.50. The van der Waals surface area contributed by atoms with Crippen LogP contribution in [0.5, 0.6) is 0 Å².